The molecule has 21 heavy (non-hydrogen) atoms. The minimum Gasteiger partial charge on any atom is -0.469 e. The van der Waals surface area contributed by atoms with Crippen molar-refractivity contribution in [3.63, 3.8) is 0 Å². The number of nitrogens with one attached hydrogen (secondary N) is 1. The smallest absolute Gasteiger partial charge is 0.328 e. The molecule has 1 aliphatic carbocycles. The van der Waals surface area contributed by atoms with Crippen molar-refractivity contribution in [3.05, 3.63) is 0 Å². The molecule has 6 nitrogen and oxygen atoms in total. The standard InChI is InChI=1S/C15H25NO5/c1-10(8-13(18)20-2)14(15(19)21-3)16-12(17)9-11-6-4-5-7-11/h10-11,14H,4-9H2,1-3H3,(H,16,17)/t10-,14+/m0/s1. The lowest BCUT2D eigenvalue weighted by Crippen LogP contribution is -2.46. The molecule has 0 heterocycles. The fourth-order valence-corrected chi connectivity index (χ4v) is 2.73. The highest BCUT2D eigenvalue weighted by Gasteiger charge is 2.30. The number of ether oxygens (including phenoxy) is 2. The van der Waals surface area contributed by atoms with Crippen molar-refractivity contribution < 1.29 is 23.9 Å². The molecule has 2 atom stereocenters. The number of hydrogen-bond acceptors (Lipinski definition) is 5. The fraction of sp³-hybridized carbons (Fsp3) is 0.800. The summed E-state index contributed by atoms with van der Waals surface area (Å²) in [5, 5.41) is 2.70. The Bertz CT molecular complexity index is 376. The van der Waals surface area contributed by atoms with Gasteiger partial charge >= 0.3 is 11.9 Å². The molecule has 0 unspecified atom stereocenters. The van der Waals surface area contributed by atoms with Crippen LogP contribution in [0.2, 0.25) is 0 Å². The Hall–Kier alpha value is -1.59. The van der Waals surface area contributed by atoms with E-state index >= 15 is 0 Å². The lowest BCUT2D eigenvalue weighted by Gasteiger charge is -2.22. The third-order valence-electron chi connectivity index (χ3n) is 4.01. The highest BCUT2D eigenvalue weighted by atomic mass is 16.5. The summed E-state index contributed by atoms with van der Waals surface area (Å²) in [5.74, 6) is -1.08. The molecule has 0 aromatic heterocycles. The summed E-state index contributed by atoms with van der Waals surface area (Å²) in [6.07, 6.45) is 4.94. The minimum absolute atomic E-state index is 0.0555. The number of amides is 1. The van der Waals surface area contributed by atoms with Crippen molar-refractivity contribution >= 4 is 17.8 Å². The number of hydrogen-bond donors (Lipinski definition) is 1. The maximum Gasteiger partial charge on any atom is 0.328 e. The van der Waals surface area contributed by atoms with Gasteiger partial charge in [0.15, 0.2) is 0 Å². The predicted molar refractivity (Wildman–Crippen MR) is 76.3 cm³/mol. The van der Waals surface area contributed by atoms with Crippen LogP contribution in [0.1, 0.15) is 45.4 Å². The number of carbonyl (C=O) groups is 3. The van der Waals surface area contributed by atoms with Gasteiger partial charge in [0.25, 0.3) is 0 Å². The summed E-state index contributed by atoms with van der Waals surface area (Å²) in [4.78, 5) is 35.2. The van der Waals surface area contributed by atoms with E-state index in [4.69, 9.17) is 4.74 Å². The van der Waals surface area contributed by atoms with E-state index in [-0.39, 0.29) is 18.2 Å². The normalized spacial score (nSPS) is 17.9. The van der Waals surface area contributed by atoms with E-state index in [9.17, 15) is 14.4 Å². The first-order valence-corrected chi connectivity index (χ1v) is 7.42. The summed E-state index contributed by atoms with van der Waals surface area (Å²) in [5.41, 5.74) is 0. The number of methoxy groups -OCH3 is 2. The molecule has 0 aromatic rings. The lowest BCUT2D eigenvalue weighted by molar-refractivity contribution is -0.148. The Morgan fingerprint density at radius 2 is 1.76 bits per heavy atom. The number of carbonyl (C=O) groups excluding carboxylic acids is 3. The van der Waals surface area contributed by atoms with Crippen molar-refractivity contribution in [3.8, 4) is 0 Å². The van der Waals surface area contributed by atoms with Gasteiger partial charge in [-0.05, 0) is 24.7 Å². The van der Waals surface area contributed by atoms with Gasteiger partial charge in [-0.2, -0.15) is 0 Å². The van der Waals surface area contributed by atoms with Crippen molar-refractivity contribution in [2.75, 3.05) is 14.2 Å². The summed E-state index contributed by atoms with van der Waals surface area (Å²) in [6, 6.07) is -0.817. The van der Waals surface area contributed by atoms with E-state index in [1.54, 1.807) is 6.92 Å². The minimum atomic E-state index is -0.817. The monoisotopic (exact) mass is 299 g/mol. The van der Waals surface area contributed by atoms with Crippen LogP contribution in [-0.4, -0.2) is 38.1 Å². The molecule has 0 radical (unpaired) electrons. The molecule has 0 spiro atoms. The lowest BCUT2D eigenvalue weighted by atomic mass is 9.97. The molecule has 1 fully saturated rings. The van der Waals surface area contributed by atoms with E-state index in [2.05, 4.69) is 10.1 Å². The van der Waals surface area contributed by atoms with Crippen LogP contribution in [0.15, 0.2) is 0 Å². The molecule has 0 aromatic carbocycles. The molecular weight excluding hydrogens is 274 g/mol. The second-order valence-electron chi connectivity index (χ2n) is 5.68. The fourth-order valence-electron chi connectivity index (χ4n) is 2.73. The zero-order chi connectivity index (χ0) is 15.8. The first-order chi connectivity index (χ1) is 9.97. The Balaban J connectivity index is 2.57. The van der Waals surface area contributed by atoms with Crippen molar-refractivity contribution in [1.82, 2.24) is 5.32 Å². The highest BCUT2D eigenvalue weighted by Crippen LogP contribution is 2.27. The van der Waals surface area contributed by atoms with E-state index < -0.39 is 18.0 Å². The molecule has 0 saturated heterocycles. The molecule has 120 valence electrons. The van der Waals surface area contributed by atoms with Crippen molar-refractivity contribution in [2.24, 2.45) is 11.8 Å². The molecule has 1 N–H and O–H groups in total. The van der Waals surface area contributed by atoms with Gasteiger partial charge in [-0.25, -0.2) is 4.79 Å². The van der Waals surface area contributed by atoms with Crippen LogP contribution in [0.3, 0.4) is 0 Å². The van der Waals surface area contributed by atoms with Crippen LogP contribution in [0.5, 0.6) is 0 Å². The quantitative estimate of drug-likeness (QED) is 0.719. The van der Waals surface area contributed by atoms with Gasteiger partial charge in [0.1, 0.15) is 6.04 Å². The summed E-state index contributed by atoms with van der Waals surface area (Å²) >= 11 is 0. The first-order valence-electron chi connectivity index (χ1n) is 7.42. The van der Waals surface area contributed by atoms with Gasteiger partial charge in [0, 0.05) is 6.42 Å². The van der Waals surface area contributed by atoms with Gasteiger partial charge in [0.05, 0.1) is 20.6 Å². The first kappa shape index (κ1) is 17.5. The molecule has 1 aliphatic rings. The number of esters is 2. The molecule has 1 amide bonds. The van der Waals surface area contributed by atoms with Crippen LogP contribution in [0.4, 0.5) is 0 Å². The third kappa shape index (κ3) is 5.73. The van der Waals surface area contributed by atoms with E-state index in [0.717, 1.165) is 25.7 Å². The second kappa shape index (κ2) is 8.64. The Morgan fingerprint density at radius 3 is 2.29 bits per heavy atom. The van der Waals surface area contributed by atoms with Crippen LogP contribution >= 0.6 is 0 Å². The van der Waals surface area contributed by atoms with Crippen LogP contribution < -0.4 is 5.32 Å². The Morgan fingerprint density at radius 1 is 1.14 bits per heavy atom. The van der Waals surface area contributed by atoms with Gasteiger partial charge in [-0.15, -0.1) is 0 Å². The molecule has 6 heteroatoms. The van der Waals surface area contributed by atoms with Crippen LogP contribution in [0, 0.1) is 11.8 Å². The van der Waals surface area contributed by atoms with Crippen molar-refractivity contribution in [2.45, 2.75) is 51.5 Å². The SMILES string of the molecule is COC(=O)C[C@H](C)[C@@H](NC(=O)CC1CCCC1)C(=O)OC. The largest absolute Gasteiger partial charge is 0.469 e. The summed E-state index contributed by atoms with van der Waals surface area (Å²) in [7, 11) is 2.56. The van der Waals surface area contributed by atoms with Gasteiger partial charge in [0.2, 0.25) is 5.91 Å². The predicted octanol–water partition coefficient (Wildman–Crippen LogP) is 1.42. The van der Waals surface area contributed by atoms with E-state index in [1.165, 1.54) is 14.2 Å². The van der Waals surface area contributed by atoms with Crippen molar-refractivity contribution in [1.29, 1.82) is 0 Å². The third-order valence-corrected chi connectivity index (χ3v) is 4.01. The van der Waals surface area contributed by atoms with E-state index in [1.807, 2.05) is 0 Å². The van der Waals surface area contributed by atoms with Crippen LogP contribution in [-0.2, 0) is 23.9 Å². The number of rotatable bonds is 7. The zero-order valence-corrected chi connectivity index (χ0v) is 13.0. The highest BCUT2D eigenvalue weighted by molar-refractivity contribution is 5.85. The Labute approximate surface area is 125 Å². The maximum atomic E-state index is 12.1. The molecule has 0 aliphatic heterocycles. The average molecular weight is 299 g/mol. The molecule has 1 rings (SSSR count). The molecular formula is C15H25NO5. The van der Waals surface area contributed by atoms with Gasteiger partial charge in [-0.1, -0.05) is 19.8 Å². The summed E-state index contributed by atoms with van der Waals surface area (Å²) in [6.45, 7) is 1.72. The maximum absolute atomic E-state index is 12.1. The summed E-state index contributed by atoms with van der Waals surface area (Å²) < 4.78 is 9.31. The van der Waals surface area contributed by atoms with Gasteiger partial charge in [-0.3, -0.25) is 9.59 Å². The second-order valence-corrected chi connectivity index (χ2v) is 5.68. The molecule has 1 saturated carbocycles. The zero-order valence-electron chi connectivity index (χ0n) is 13.0. The van der Waals surface area contributed by atoms with Crippen LogP contribution in [0.25, 0.3) is 0 Å². The average Bonchev–Trinajstić information content (AvgIpc) is 2.96. The topological polar surface area (TPSA) is 81.7 Å². The molecule has 0 bridgehead atoms. The Kier molecular flexibility index (Phi) is 7.19. The van der Waals surface area contributed by atoms with Gasteiger partial charge < -0.3 is 14.8 Å². The van der Waals surface area contributed by atoms with E-state index in [0.29, 0.717) is 12.3 Å².